The third kappa shape index (κ3) is 9.27. The Morgan fingerprint density at radius 3 is 1.30 bits per heavy atom. The average Bonchev–Trinajstić information content (AvgIpc) is 3.34. The Hall–Kier alpha value is -2.48. The maximum atomic E-state index is 12.1. The largest absolute Gasteiger partial charge is 0.493 e. The Morgan fingerprint density at radius 2 is 0.864 bits per heavy atom. The Balaban J connectivity index is 2.14. The van der Waals surface area contributed by atoms with Crippen molar-refractivity contribution in [3.05, 3.63) is 86.0 Å². The first-order valence-corrected chi connectivity index (χ1v) is 18.7. The molecule has 0 atom stereocenters. The molecule has 1 aliphatic rings. The molecule has 0 saturated heterocycles. The van der Waals surface area contributed by atoms with Crippen molar-refractivity contribution in [2.24, 2.45) is 0 Å². The lowest BCUT2D eigenvalue weighted by atomic mass is 9.88. The Kier molecular flexibility index (Phi) is 15.6. The summed E-state index contributed by atoms with van der Waals surface area (Å²) in [6.07, 6.45) is 24.7. The van der Waals surface area contributed by atoms with Gasteiger partial charge in [0.15, 0.2) is 0 Å². The molecule has 0 radical (unpaired) electrons. The van der Waals surface area contributed by atoms with Crippen LogP contribution in [-0.2, 0) is 38.5 Å². The number of rotatable bonds is 21. The van der Waals surface area contributed by atoms with Crippen molar-refractivity contribution in [3.63, 3.8) is 0 Å². The van der Waals surface area contributed by atoms with Gasteiger partial charge in [-0.25, -0.2) is 4.70 Å². The summed E-state index contributed by atoms with van der Waals surface area (Å²) < 4.78 is 1.58. The lowest BCUT2D eigenvalue weighted by Crippen LogP contribution is -2.08. The van der Waals surface area contributed by atoms with Crippen LogP contribution in [0.15, 0.2) is 35.9 Å². The van der Waals surface area contributed by atoms with E-state index in [1.165, 1.54) is 90.3 Å². The highest BCUT2D eigenvalue weighted by Crippen LogP contribution is 2.40. The van der Waals surface area contributed by atoms with Gasteiger partial charge in [-0.3, -0.25) is 0 Å². The second kappa shape index (κ2) is 19.1. The van der Waals surface area contributed by atoms with Gasteiger partial charge in [0.2, 0.25) is 11.4 Å². The Morgan fingerprint density at radius 1 is 0.455 bits per heavy atom. The van der Waals surface area contributed by atoms with Crippen molar-refractivity contribution in [1.29, 1.82) is 0 Å². The van der Waals surface area contributed by atoms with Crippen LogP contribution in [0.2, 0.25) is 0 Å². The zero-order valence-corrected chi connectivity index (χ0v) is 29.7. The van der Waals surface area contributed by atoms with Gasteiger partial charge in [-0.05, 0) is 109 Å². The van der Waals surface area contributed by atoms with E-state index in [0.717, 1.165) is 82.0 Å². The fraction of sp³-hybridized carbons (Fsp3) is 0.619. The summed E-state index contributed by atoms with van der Waals surface area (Å²) in [7, 11) is 0. The average molecular weight is 597 g/mol. The minimum absolute atomic E-state index is 0.963. The topological polar surface area (TPSA) is 25.3 Å². The van der Waals surface area contributed by atoms with Crippen molar-refractivity contribution in [1.82, 2.24) is 0 Å². The zero-order chi connectivity index (χ0) is 31.9. The maximum Gasteiger partial charge on any atom is 0.210 e. The van der Waals surface area contributed by atoms with E-state index in [9.17, 15) is 5.53 Å². The molecule has 2 nitrogen and oxygen atoms in total. The van der Waals surface area contributed by atoms with E-state index in [1.807, 2.05) is 0 Å². The van der Waals surface area contributed by atoms with Crippen LogP contribution >= 0.6 is 0 Å². The van der Waals surface area contributed by atoms with Crippen molar-refractivity contribution >= 4 is 11.4 Å². The number of aryl methyl sites for hydroxylation is 4. The normalized spacial score (nSPS) is 13.3. The number of hydrogen-bond donors (Lipinski definition) is 0. The molecule has 242 valence electrons. The number of unbranched alkanes of at least 4 members (excludes halogenated alkanes) is 5. The van der Waals surface area contributed by atoms with Crippen LogP contribution in [0.1, 0.15) is 176 Å². The van der Waals surface area contributed by atoms with E-state index in [0.29, 0.717) is 0 Å². The first-order chi connectivity index (χ1) is 21.5. The predicted molar refractivity (Wildman–Crippen MR) is 193 cm³/mol. The quantitative estimate of drug-likeness (QED) is 0.101. The molecular formula is C42H64N2. The summed E-state index contributed by atoms with van der Waals surface area (Å²) in [5, 5.41) is 0. The number of nitrogens with zero attached hydrogens (tertiary/aromatic N) is 2. The van der Waals surface area contributed by atoms with Crippen molar-refractivity contribution in [2.75, 3.05) is 0 Å². The van der Waals surface area contributed by atoms with Crippen LogP contribution in [0.25, 0.3) is 16.9 Å². The van der Waals surface area contributed by atoms with Gasteiger partial charge in [0.05, 0.1) is 0 Å². The van der Waals surface area contributed by atoms with Crippen molar-refractivity contribution < 1.29 is 4.70 Å². The van der Waals surface area contributed by atoms with E-state index in [-0.39, 0.29) is 0 Å². The third-order valence-electron chi connectivity index (χ3n) is 9.37. The van der Waals surface area contributed by atoms with Gasteiger partial charge in [-0.1, -0.05) is 119 Å². The van der Waals surface area contributed by atoms with Crippen molar-refractivity contribution in [3.8, 4) is 0 Å². The van der Waals surface area contributed by atoms with Crippen LogP contribution in [0.5, 0.6) is 0 Å². The van der Waals surface area contributed by atoms with Crippen LogP contribution in [0, 0.1) is 0 Å². The smallest absolute Gasteiger partial charge is 0.210 e. The summed E-state index contributed by atoms with van der Waals surface area (Å²) >= 11 is 0. The summed E-state index contributed by atoms with van der Waals surface area (Å²) in [6, 6.07) is 9.67. The highest BCUT2D eigenvalue weighted by atomic mass is 15.2. The monoisotopic (exact) mass is 597 g/mol. The molecule has 1 heterocycles. The molecular weight excluding hydrogens is 532 g/mol. The molecule has 2 heteroatoms. The molecule has 2 aromatic carbocycles. The van der Waals surface area contributed by atoms with E-state index >= 15 is 0 Å². The fourth-order valence-corrected chi connectivity index (χ4v) is 7.34. The molecule has 2 aromatic rings. The fourth-order valence-electron chi connectivity index (χ4n) is 7.34. The van der Waals surface area contributed by atoms with E-state index in [1.54, 1.807) is 15.8 Å². The van der Waals surface area contributed by atoms with Gasteiger partial charge >= 0.3 is 0 Å². The van der Waals surface area contributed by atoms with Crippen LogP contribution in [-0.4, -0.2) is 4.70 Å². The highest BCUT2D eigenvalue weighted by Gasteiger charge is 2.30. The lowest BCUT2D eigenvalue weighted by molar-refractivity contribution is -0.344. The van der Waals surface area contributed by atoms with Crippen molar-refractivity contribution in [2.45, 2.75) is 170 Å². The summed E-state index contributed by atoms with van der Waals surface area (Å²) in [5.74, 6) is 0. The molecule has 1 aliphatic heterocycles. The molecule has 44 heavy (non-hydrogen) atoms. The SMILES string of the molecule is CCCCCCCCC1=C(c2cc(CCC)c(CCC)c(CCC)c2)[N+](=[N-])C(c2cc(CCC)c(CCC)c(CCC)c2)=C1. The standard InChI is InChI=1S/C42H64N2/c1-8-15-16-17-18-19-26-36-31-41(37-27-32(20-9-2)39(24-13-6)33(28-37)21-10-3)44(43)42(36)38-29-34(22-11-4)40(25-14-7)35(30-38)23-12-5/h27-31H,8-26H2,1-7H3. The second-order valence-electron chi connectivity index (χ2n) is 13.3. The molecule has 0 aromatic heterocycles. The van der Waals surface area contributed by atoms with E-state index in [2.05, 4.69) is 78.8 Å². The molecule has 0 aliphatic carbocycles. The van der Waals surface area contributed by atoms with Crippen LogP contribution in [0.3, 0.4) is 0 Å². The maximum absolute atomic E-state index is 12.1. The summed E-state index contributed by atoms with van der Waals surface area (Å²) in [4.78, 5) is 0. The molecule has 0 saturated carbocycles. The first-order valence-electron chi connectivity index (χ1n) is 18.7. The minimum Gasteiger partial charge on any atom is -0.493 e. The van der Waals surface area contributed by atoms with Crippen LogP contribution in [0.4, 0.5) is 0 Å². The molecule has 0 spiro atoms. The number of allylic oxidation sites excluding steroid dienone is 2. The predicted octanol–water partition coefficient (Wildman–Crippen LogP) is 13.0. The van der Waals surface area contributed by atoms with Gasteiger partial charge in [0.1, 0.15) is 0 Å². The minimum atomic E-state index is 0.963. The van der Waals surface area contributed by atoms with Gasteiger partial charge in [-0.2, -0.15) is 0 Å². The second-order valence-corrected chi connectivity index (χ2v) is 13.3. The highest BCUT2D eigenvalue weighted by molar-refractivity contribution is 5.79. The van der Waals surface area contributed by atoms with Gasteiger partial charge < -0.3 is 5.53 Å². The zero-order valence-electron chi connectivity index (χ0n) is 29.7. The van der Waals surface area contributed by atoms with E-state index in [4.69, 9.17) is 0 Å². The molecule has 3 rings (SSSR count). The summed E-state index contributed by atoms with van der Waals surface area (Å²) in [6.45, 7) is 16.1. The number of hydrogen-bond acceptors (Lipinski definition) is 0. The molecule has 0 N–H and O–H groups in total. The Labute approximate surface area is 271 Å². The Bertz CT molecular complexity index is 1220. The van der Waals surface area contributed by atoms with E-state index < -0.39 is 0 Å². The summed E-state index contributed by atoms with van der Waals surface area (Å²) in [5.41, 5.74) is 26.9. The van der Waals surface area contributed by atoms with Gasteiger partial charge in [-0.15, -0.1) is 0 Å². The molecule has 0 amide bonds. The molecule has 0 fully saturated rings. The first kappa shape index (κ1) is 36.0. The lowest BCUT2D eigenvalue weighted by Gasteiger charge is -2.19. The van der Waals surface area contributed by atoms with Crippen LogP contribution < -0.4 is 0 Å². The molecule has 0 unspecified atom stereocenters. The third-order valence-corrected chi connectivity index (χ3v) is 9.37. The van der Waals surface area contributed by atoms with Gasteiger partial charge in [0.25, 0.3) is 0 Å². The molecule has 0 bridgehead atoms. The number of benzene rings is 2. The van der Waals surface area contributed by atoms with Gasteiger partial charge in [0, 0.05) is 22.8 Å².